The molecule has 3 heterocycles. The lowest BCUT2D eigenvalue weighted by molar-refractivity contribution is 0.671. The van der Waals surface area contributed by atoms with Gasteiger partial charge in [-0.05, 0) is 65.2 Å². The highest BCUT2D eigenvalue weighted by atomic mass is 15.2. The third-order valence-corrected chi connectivity index (χ3v) is 12.4. The Morgan fingerprint density at radius 3 is 1.56 bits per heavy atom. The highest BCUT2D eigenvalue weighted by molar-refractivity contribution is 6.22. The Balaban J connectivity index is 1.15. The molecule has 11 aromatic rings. The molecule has 6 heteroatoms. The zero-order valence-corrected chi connectivity index (χ0v) is 34.6. The molecule has 0 bridgehead atoms. The van der Waals surface area contributed by atoms with Crippen molar-refractivity contribution < 1.29 is 0 Å². The van der Waals surface area contributed by atoms with E-state index in [2.05, 4.69) is 184 Å². The lowest BCUT2D eigenvalue weighted by atomic mass is 9.94. The molecule has 0 radical (unpaired) electrons. The van der Waals surface area contributed by atoms with Gasteiger partial charge in [-0.1, -0.05) is 170 Å². The van der Waals surface area contributed by atoms with Crippen LogP contribution in [0.25, 0.3) is 77.2 Å². The van der Waals surface area contributed by atoms with Crippen LogP contribution in [0.4, 0.5) is 0 Å². The molecular formula is C58H38N6. The van der Waals surface area contributed by atoms with Gasteiger partial charge in [0.25, 0.3) is 0 Å². The highest BCUT2D eigenvalue weighted by Crippen LogP contribution is 2.45. The molecule has 2 aromatic heterocycles. The minimum atomic E-state index is -0.564. The number of para-hydroxylation sites is 3. The van der Waals surface area contributed by atoms with Crippen LogP contribution in [0.15, 0.2) is 228 Å². The van der Waals surface area contributed by atoms with Crippen molar-refractivity contribution in [2.45, 2.75) is 6.17 Å². The summed E-state index contributed by atoms with van der Waals surface area (Å²) in [6.45, 7) is 0. The average Bonchev–Trinajstić information content (AvgIpc) is 3.90. The molecule has 9 aromatic carbocycles. The van der Waals surface area contributed by atoms with E-state index >= 15 is 0 Å². The molecule has 6 nitrogen and oxygen atoms in total. The van der Waals surface area contributed by atoms with E-state index in [0.29, 0.717) is 11.4 Å². The first-order valence-electron chi connectivity index (χ1n) is 21.5. The van der Waals surface area contributed by atoms with Gasteiger partial charge >= 0.3 is 0 Å². The molecule has 1 aliphatic rings. The maximum Gasteiger partial charge on any atom is 0.159 e. The van der Waals surface area contributed by atoms with Crippen molar-refractivity contribution in [3.8, 4) is 39.7 Å². The van der Waals surface area contributed by atoms with Crippen LogP contribution in [-0.4, -0.2) is 20.8 Å². The zero-order chi connectivity index (χ0) is 42.6. The number of hydrogen-bond donors (Lipinski definition) is 1. The summed E-state index contributed by atoms with van der Waals surface area (Å²) in [6.07, 6.45) is -0.564. The smallest absolute Gasteiger partial charge is 0.159 e. The molecule has 1 aliphatic heterocycles. The number of nitriles is 1. The van der Waals surface area contributed by atoms with Crippen molar-refractivity contribution in [3.05, 3.63) is 241 Å². The monoisotopic (exact) mass is 818 g/mol. The maximum absolute atomic E-state index is 11.0. The standard InChI is InChI=1S/C58H38N6/c59-37-41-35-53(48(36-47(41)38-19-5-1-6-20-38)58-61-56(39-21-7-2-8-22-39)60-57(62-58)40-23-9-3-10-24-40)64-50-32-16-14-28-46(50)55-44(30-18-34-52(55)64)43-29-17-33-51-54(43)45-27-13-15-31-49(45)63(51)42-25-11-4-12-26-42/h1-36,58H,(H,60,61,62). The van der Waals surface area contributed by atoms with Crippen molar-refractivity contribution in [1.82, 2.24) is 14.5 Å². The molecule has 0 saturated heterocycles. The average molecular weight is 819 g/mol. The number of aliphatic imine (C=N–C) groups is 2. The molecular weight excluding hydrogens is 781 g/mol. The Kier molecular flexibility index (Phi) is 8.84. The van der Waals surface area contributed by atoms with E-state index in [4.69, 9.17) is 9.98 Å². The molecule has 0 aliphatic carbocycles. The van der Waals surface area contributed by atoms with Crippen LogP contribution in [0.2, 0.25) is 0 Å². The molecule has 0 spiro atoms. The summed E-state index contributed by atoms with van der Waals surface area (Å²) in [4.78, 5) is 10.5. The first kappa shape index (κ1) is 37.0. The Bertz CT molecular complexity index is 3690. The molecule has 1 unspecified atom stereocenters. The summed E-state index contributed by atoms with van der Waals surface area (Å²) in [5.74, 6) is 1.36. The van der Waals surface area contributed by atoms with Gasteiger partial charge in [0.15, 0.2) is 5.84 Å². The summed E-state index contributed by atoms with van der Waals surface area (Å²) in [5.41, 5.74) is 13.8. The Morgan fingerprint density at radius 2 is 0.953 bits per heavy atom. The van der Waals surface area contributed by atoms with Crippen LogP contribution in [0.1, 0.15) is 28.4 Å². The quantitative estimate of drug-likeness (QED) is 0.174. The molecule has 0 fully saturated rings. The topological polar surface area (TPSA) is 70.4 Å². The largest absolute Gasteiger partial charge is 0.344 e. The van der Waals surface area contributed by atoms with E-state index in [9.17, 15) is 5.26 Å². The molecule has 1 N–H and O–H groups in total. The lowest BCUT2D eigenvalue weighted by Crippen LogP contribution is -2.34. The molecule has 300 valence electrons. The van der Waals surface area contributed by atoms with Crippen LogP contribution >= 0.6 is 0 Å². The van der Waals surface area contributed by atoms with Gasteiger partial charge < -0.3 is 14.5 Å². The van der Waals surface area contributed by atoms with E-state index in [1.807, 2.05) is 54.6 Å². The Morgan fingerprint density at radius 1 is 0.453 bits per heavy atom. The normalized spacial score (nSPS) is 13.8. The second-order valence-corrected chi connectivity index (χ2v) is 16.1. The van der Waals surface area contributed by atoms with E-state index in [0.717, 1.165) is 89.0 Å². The van der Waals surface area contributed by atoms with Gasteiger partial charge in [0.05, 0.1) is 39.4 Å². The predicted molar refractivity (Wildman–Crippen MR) is 263 cm³/mol. The number of benzene rings is 9. The number of nitrogens with zero attached hydrogens (tertiary/aromatic N) is 5. The summed E-state index contributed by atoms with van der Waals surface area (Å²) in [7, 11) is 0. The van der Waals surface area contributed by atoms with Crippen LogP contribution < -0.4 is 5.32 Å². The van der Waals surface area contributed by atoms with Crippen LogP contribution in [0, 0.1) is 11.3 Å². The second-order valence-electron chi connectivity index (χ2n) is 16.1. The second kappa shape index (κ2) is 15.3. The van der Waals surface area contributed by atoms with Gasteiger partial charge in [0.1, 0.15) is 12.0 Å². The molecule has 12 rings (SSSR count). The Hall–Kier alpha value is -8.79. The van der Waals surface area contributed by atoms with Gasteiger partial charge in [0.2, 0.25) is 0 Å². The fraction of sp³-hybridized carbons (Fsp3) is 0.0172. The molecule has 0 amide bonds. The fourth-order valence-corrected chi connectivity index (χ4v) is 9.64. The zero-order valence-electron chi connectivity index (χ0n) is 34.6. The van der Waals surface area contributed by atoms with Crippen molar-refractivity contribution >= 4 is 55.3 Å². The van der Waals surface area contributed by atoms with Crippen LogP contribution in [-0.2, 0) is 0 Å². The minimum Gasteiger partial charge on any atom is -0.344 e. The number of rotatable bonds is 7. The van der Waals surface area contributed by atoms with E-state index in [-0.39, 0.29) is 0 Å². The summed E-state index contributed by atoms with van der Waals surface area (Å²) < 4.78 is 4.70. The Labute approximate surface area is 370 Å². The highest BCUT2D eigenvalue weighted by Gasteiger charge is 2.28. The van der Waals surface area contributed by atoms with Crippen LogP contribution in [0.5, 0.6) is 0 Å². The van der Waals surface area contributed by atoms with E-state index in [1.165, 1.54) is 10.8 Å². The lowest BCUT2D eigenvalue weighted by Gasteiger charge is -2.27. The summed E-state index contributed by atoms with van der Waals surface area (Å²) >= 11 is 0. The fourth-order valence-electron chi connectivity index (χ4n) is 9.64. The minimum absolute atomic E-state index is 0.564. The SMILES string of the molecule is N#Cc1cc(-n2c3ccccc3c3c(-c4cccc5c4c4ccccc4n5-c4ccccc4)cccc32)c(C2N=C(c3ccccc3)N=C(c3ccccc3)N2)cc1-c1ccccc1. The first-order chi connectivity index (χ1) is 31.7. The number of hydrogen-bond acceptors (Lipinski definition) is 4. The third kappa shape index (κ3) is 6.02. The van der Waals surface area contributed by atoms with Gasteiger partial charge in [-0.25, -0.2) is 9.98 Å². The number of aromatic nitrogens is 2. The van der Waals surface area contributed by atoms with Crippen molar-refractivity contribution in [2.75, 3.05) is 0 Å². The molecule has 64 heavy (non-hydrogen) atoms. The predicted octanol–water partition coefficient (Wildman–Crippen LogP) is 13.6. The molecule has 0 saturated carbocycles. The number of amidine groups is 2. The van der Waals surface area contributed by atoms with Gasteiger partial charge in [0, 0.05) is 49.5 Å². The van der Waals surface area contributed by atoms with Crippen molar-refractivity contribution in [3.63, 3.8) is 0 Å². The number of nitrogens with one attached hydrogen (secondary N) is 1. The molecule has 1 atom stereocenters. The van der Waals surface area contributed by atoms with Crippen molar-refractivity contribution in [2.24, 2.45) is 9.98 Å². The van der Waals surface area contributed by atoms with Gasteiger partial charge in [-0.15, -0.1) is 0 Å². The maximum atomic E-state index is 11.0. The first-order valence-corrected chi connectivity index (χ1v) is 21.5. The van der Waals surface area contributed by atoms with E-state index < -0.39 is 6.17 Å². The third-order valence-electron chi connectivity index (χ3n) is 12.4. The van der Waals surface area contributed by atoms with Gasteiger partial charge in [-0.2, -0.15) is 5.26 Å². The van der Waals surface area contributed by atoms with Crippen LogP contribution in [0.3, 0.4) is 0 Å². The van der Waals surface area contributed by atoms with Gasteiger partial charge in [-0.3, -0.25) is 0 Å². The van der Waals surface area contributed by atoms with Crippen molar-refractivity contribution in [1.29, 1.82) is 5.26 Å². The number of fused-ring (bicyclic) bond motifs is 6. The van der Waals surface area contributed by atoms with E-state index in [1.54, 1.807) is 0 Å². The summed E-state index contributed by atoms with van der Waals surface area (Å²) in [6, 6.07) is 78.5. The summed E-state index contributed by atoms with van der Waals surface area (Å²) in [5, 5.41) is 19.4.